The fourth-order valence-corrected chi connectivity index (χ4v) is 3.94. The predicted molar refractivity (Wildman–Crippen MR) is 87.7 cm³/mol. The largest absolute Gasteiger partial charge is 0.481 e. The maximum Gasteiger partial charge on any atom is 0.308 e. The molecule has 0 bridgehead atoms. The summed E-state index contributed by atoms with van der Waals surface area (Å²) in [6, 6.07) is 5.64. The Balaban J connectivity index is 1.56. The van der Waals surface area contributed by atoms with E-state index < -0.39 is 11.9 Å². The molecule has 1 fully saturated rings. The third kappa shape index (κ3) is 2.95. The van der Waals surface area contributed by atoms with Gasteiger partial charge in [-0.1, -0.05) is 6.07 Å². The number of carbonyl (C=O) groups is 1. The number of hydrogen-bond donors (Lipinski definition) is 1. The van der Waals surface area contributed by atoms with Crippen molar-refractivity contribution in [3.8, 4) is 11.5 Å². The Morgan fingerprint density at radius 1 is 1.36 bits per heavy atom. The molecule has 2 aromatic rings. The highest BCUT2D eigenvalue weighted by Crippen LogP contribution is 2.42. The average Bonchev–Trinajstić information content (AvgIpc) is 3.32. The molecular formula is C18H20N2O5. The molecule has 0 radical (unpaired) electrons. The van der Waals surface area contributed by atoms with Gasteiger partial charge in [0.1, 0.15) is 6.26 Å². The first kappa shape index (κ1) is 16.0. The minimum atomic E-state index is -0.774. The normalized spacial score (nSPS) is 25.4. The van der Waals surface area contributed by atoms with Crippen LogP contribution in [0.1, 0.15) is 23.8 Å². The summed E-state index contributed by atoms with van der Waals surface area (Å²) >= 11 is 0. The van der Waals surface area contributed by atoms with Crippen molar-refractivity contribution in [2.45, 2.75) is 24.8 Å². The Bertz CT molecular complexity index is 761. The molecule has 1 aromatic carbocycles. The van der Waals surface area contributed by atoms with Crippen molar-refractivity contribution in [1.29, 1.82) is 0 Å². The number of ether oxygens (including phenoxy) is 2. The average molecular weight is 344 g/mol. The Hall–Kier alpha value is -2.54. The number of fused-ring (bicyclic) bond motifs is 1. The van der Waals surface area contributed by atoms with Gasteiger partial charge in [0.05, 0.1) is 12.1 Å². The van der Waals surface area contributed by atoms with Crippen LogP contribution in [0, 0.1) is 5.92 Å². The van der Waals surface area contributed by atoms with Crippen molar-refractivity contribution in [2.24, 2.45) is 5.92 Å². The second-order valence-corrected chi connectivity index (χ2v) is 6.55. The van der Waals surface area contributed by atoms with Gasteiger partial charge in [-0.05, 0) is 31.2 Å². The number of oxazole rings is 1. The lowest BCUT2D eigenvalue weighted by atomic mass is 9.83. The zero-order valence-electron chi connectivity index (χ0n) is 13.9. The van der Waals surface area contributed by atoms with E-state index in [-0.39, 0.29) is 18.8 Å². The first-order chi connectivity index (χ1) is 12.1. The third-order valence-corrected chi connectivity index (χ3v) is 5.15. The molecule has 3 unspecified atom stereocenters. The van der Waals surface area contributed by atoms with Crippen LogP contribution in [-0.2, 0) is 11.2 Å². The molecule has 0 aliphatic carbocycles. The number of carboxylic acid groups (broad SMARTS) is 1. The van der Waals surface area contributed by atoms with Gasteiger partial charge in [-0.15, -0.1) is 0 Å². The lowest BCUT2D eigenvalue weighted by Gasteiger charge is -2.23. The molecule has 7 heteroatoms. The fourth-order valence-electron chi connectivity index (χ4n) is 3.94. The number of likely N-dealkylation sites (tertiary alicyclic amines) is 1. The minimum absolute atomic E-state index is 0.0696. The molecular weight excluding hydrogens is 324 g/mol. The molecule has 3 heterocycles. The number of nitrogens with zero attached hydrogens (tertiary/aromatic N) is 2. The maximum atomic E-state index is 12.0. The lowest BCUT2D eigenvalue weighted by Crippen LogP contribution is -2.34. The van der Waals surface area contributed by atoms with Gasteiger partial charge >= 0.3 is 5.97 Å². The van der Waals surface area contributed by atoms with Crippen LogP contribution < -0.4 is 9.47 Å². The molecule has 7 nitrogen and oxygen atoms in total. The number of likely N-dealkylation sites (N-methyl/N-ethyl adjacent to an activating group) is 1. The van der Waals surface area contributed by atoms with E-state index in [1.54, 1.807) is 6.20 Å². The zero-order valence-corrected chi connectivity index (χ0v) is 13.9. The van der Waals surface area contributed by atoms with Gasteiger partial charge in [-0.3, -0.25) is 4.79 Å². The standard InChI is InChI=1S/C18H20N2O5/c1-20-9-12(11-2-4-14-15(8-11)25-10-24-14)17(18(21)22)13(20)3-5-16-19-6-7-23-16/h2,4,6-8,12-13,17H,3,5,9-10H2,1H3,(H,21,22). The van der Waals surface area contributed by atoms with Crippen LogP contribution in [0.3, 0.4) is 0 Å². The maximum absolute atomic E-state index is 12.0. The summed E-state index contributed by atoms with van der Waals surface area (Å²) in [5.41, 5.74) is 0.974. The van der Waals surface area contributed by atoms with E-state index in [0.29, 0.717) is 36.8 Å². The number of carboxylic acids is 1. The molecule has 2 aliphatic rings. The number of rotatable bonds is 5. The highest BCUT2D eigenvalue weighted by atomic mass is 16.7. The van der Waals surface area contributed by atoms with E-state index >= 15 is 0 Å². The Kier molecular flexibility index (Phi) is 4.09. The monoisotopic (exact) mass is 344 g/mol. The van der Waals surface area contributed by atoms with Crippen molar-refractivity contribution >= 4 is 5.97 Å². The van der Waals surface area contributed by atoms with Crippen molar-refractivity contribution in [2.75, 3.05) is 20.4 Å². The molecule has 132 valence electrons. The number of aliphatic carboxylic acids is 1. The summed E-state index contributed by atoms with van der Waals surface area (Å²) in [5, 5.41) is 9.86. The van der Waals surface area contributed by atoms with Crippen LogP contribution in [0.15, 0.2) is 35.1 Å². The molecule has 2 aliphatic heterocycles. The molecule has 4 rings (SSSR count). The van der Waals surface area contributed by atoms with Crippen molar-refractivity contribution < 1.29 is 23.8 Å². The van der Waals surface area contributed by atoms with Crippen LogP contribution in [-0.4, -0.2) is 47.4 Å². The fraction of sp³-hybridized carbons (Fsp3) is 0.444. The van der Waals surface area contributed by atoms with Gasteiger partial charge in [-0.2, -0.15) is 0 Å². The van der Waals surface area contributed by atoms with E-state index in [4.69, 9.17) is 13.9 Å². The minimum Gasteiger partial charge on any atom is -0.481 e. The first-order valence-electron chi connectivity index (χ1n) is 8.34. The van der Waals surface area contributed by atoms with Crippen LogP contribution in [0.2, 0.25) is 0 Å². The van der Waals surface area contributed by atoms with Gasteiger partial charge in [-0.25, -0.2) is 4.98 Å². The quantitative estimate of drug-likeness (QED) is 0.889. The zero-order chi connectivity index (χ0) is 17.4. The van der Waals surface area contributed by atoms with E-state index in [1.165, 1.54) is 6.26 Å². The third-order valence-electron chi connectivity index (χ3n) is 5.15. The Morgan fingerprint density at radius 2 is 2.20 bits per heavy atom. The summed E-state index contributed by atoms with van der Waals surface area (Å²) in [6.07, 6.45) is 4.46. The summed E-state index contributed by atoms with van der Waals surface area (Å²) in [4.78, 5) is 18.3. The van der Waals surface area contributed by atoms with E-state index in [1.807, 2.05) is 25.2 Å². The van der Waals surface area contributed by atoms with Gasteiger partial charge in [0.15, 0.2) is 17.4 Å². The number of benzene rings is 1. The lowest BCUT2D eigenvalue weighted by molar-refractivity contribution is -0.143. The van der Waals surface area contributed by atoms with E-state index in [9.17, 15) is 9.90 Å². The molecule has 0 spiro atoms. The molecule has 1 aromatic heterocycles. The second-order valence-electron chi connectivity index (χ2n) is 6.55. The Labute approximate surface area is 145 Å². The first-order valence-corrected chi connectivity index (χ1v) is 8.34. The SMILES string of the molecule is CN1CC(c2ccc3c(c2)OCO3)C(C(=O)O)C1CCc1ncco1. The van der Waals surface area contributed by atoms with Gasteiger partial charge in [0.25, 0.3) is 0 Å². The number of aryl methyl sites for hydroxylation is 1. The number of hydrogen-bond acceptors (Lipinski definition) is 6. The van der Waals surface area contributed by atoms with Crippen molar-refractivity contribution in [3.63, 3.8) is 0 Å². The van der Waals surface area contributed by atoms with E-state index in [0.717, 1.165) is 5.56 Å². The molecule has 1 saturated heterocycles. The highest BCUT2D eigenvalue weighted by molar-refractivity contribution is 5.73. The van der Waals surface area contributed by atoms with Gasteiger partial charge in [0.2, 0.25) is 6.79 Å². The van der Waals surface area contributed by atoms with Crippen LogP contribution in [0.4, 0.5) is 0 Å². The second kappa shape index (κ2) is 6.40. The summed E-state index contributed by atoms with van der Waals surface area (Å²) in [5.74, 6) is 0.690. The Morgan fingerprint density at radius 3 is 2.96 bits per heavy atom. The molecule has 25 heavy (non-hydrogen) atoms. The van der Waals surface area contributed by atoms with Gasteiger partial charge < -0.3 is 23.9 Å². The molecule has 3 atom stereocenters. The van der Waals surface area contributed by atoms with Crippen LogP contribution in [0.5, 0.6) is 11.5 Å². The predicted octanol–water partition coefficient (Wildman–Crippen LogP) is 2.13. The smallest absolute Gasteiger partial charge is 0.308 e. The molecule has 0 amide bonds. The molecule has 1 N–H and O–H groups in total. The van der Waals surface area contributed by atoms with Crippen LogP contribution in [0.25, 0.3) is 0 Å². The topological polar surface area (TPSA) is 85.0 Å². The molecule has 0 saturated carbocycles. The van der Waals surface area contributed by atoms with E-state index in [2.05, 4.69) is 9.88 Å². The van der Waals surface area contributed by atoms with Crippen LogP contribution >= 0.6 is 0 Å². The van der Waals surface area contributed by atoms with Crippen molar-refractivity contribution in [1.82, 2.24) is 9.88 Å². The summed E-state index contributed by atoms with van der Waals surface area (Å²) in [7, 11) is 1.98. The summed E-state index contributed by atoms with van der Waals surface area (Å²) in [6.45, 7) is 0.900. The van der Waals surface area contributed by atoms with Gasteiger partial charge in [0, 0.05) is 24.9 Å². The number of aromatic nitrogens is 1. The highest BCUT2D eigenvalue weighted by Gasteiger charge is 2.45. The summed E-state index contributed by atoms with van der Waals surface area (Å²) < 4.78 is 16.1. The van der Waals surface area contributed by atoms with Crippen molar-refractivity contribution in [3.05, 3.63) is 42.1 Å².